The zero-order valence-electron chi connectivity index (χ0n) is 16.2. The van der Waals surface area contributed by atoms with E-state index in [2.05, 4.69) is 65.7 Å². The normalized spacial score (nSPS) is 17.3. The number of carbonyl (C=O) groups excluding carboxylic acids is 1. The first-order valence-corrected chi connectivity index (χ1v) is 9.64. The predicted molar refractivity (Wildman–Crippen MR) is 121 cm³/mol. The number of benzene rings is 2. The summed E-state index contributed by atoms with van der Waals surface area (Å²) in [6.45, 7) is 6.65. The maximum Gasteiger partial charge on any atom is 0.230 e. The second-order valence-corrected chi connectivity index (χ2v) is 7.45. The fourth-order valence-corrected chi connectivity index (χ4v) is 3.93. The molecule has 1 amide bonds. The van der Waals surface area contributed by atoms with Crippen LogP contribution in [0.15, 0.2) is 54.6 Å². The quantitative estimate of drug-likeness (QED) is 0.805. The van der Waals surface area contributed by atoms with Crippen molar-refractivity contribution in [3.63, 3.8) is 0 Å². The summed E-state index contributed by atoms with van der Waals surface area (Å²) in [6.07, 6.45) is 0.989. The maximum absolute atomic E-state index is 13.2. The first-order chi connectivity index (χ1) is 12.7. The fraction of sp³-hybridized carbons (Fsp3) is 0.409. The molecule has 1 unspecified atom stereocenters. The molecule has 4 nitrogen and oxygen atoms in total. The molecule has 4 rings (SSSR count). The molecule has 2 heterocycles. The summed E-state index contributed by atoms with van der Waals surface area (Å²) in [6, 6.07) is 18.9. The Bertz CT molecular complexity index is 767. The molecule has 2 aromatic carbocycles. The largest absolute Gasteiger partial charge is 0.365 e. The Morgan fingerprint density at radius 3 is 2.29 bits per heavy atom. The first-order valence-electron chi connectivity index (χ1n) is 9.64. The Kier molecular flexibility index (Phi) is 8.17. The predicted octanol–water partition coefficient (Wildman–Crippen LogP) is 4.13. The molecular formula is C22H29Cl2N3O. The van der Waals surface area contributed by atoms with Crippen molar-refractivity contribution in [3.8, 4) is 0 Å². The van der Waals surface area contributed by atoms with Crippen LogP contribution in [0, 0.1) is 11.8 Å². The average molecular weight is 422 g/mol. The van der Waals surface area contributed by atoms with Crippen molar-refractivity contribution in [2.24, 2.45) is 11.8 Å². The van der Waals surface area contributed by atoms with Crippen LogP contribution in [0.4, 0.5) is 11.4 Å². The summed E-state index contributed by atoms with van der Waals surface area (Å²) in [7, 11) is 0. The van der Waals surface area contributed by atoms with Crippen LogP contribution in [0.25, 0.3) is 0 Å². The van der Waals surface area contributed by atoms with Crippen LogP contribution >= 0.6 is 24.8 Å². The minimum atomic E-state index is 0. The van der Waals surface area contributed by atoms with Gasteiger partial charge in [0.2, 0.25) is 5.91 Å². The van der Waals surface area contributed by atoms with E-state index >= 15 is 0 Å². The Balaban J connectivity index is 0.00000140. The van der Waals surface area contributed by atoms with Gasteiger partial charge in [-0.2, -0.15) is 0 Å². The molecule has 2 aliphatic rings. The van der Waals surface area contributed by atoms with E-state index in [-0.39, 0.29) is 36.6 Å². The first kappa shape index (κ1) is 22.5. The highest BCUT2D eigenvalue weighted by molar-refractivity contribution is 5.98. The van der Waals surface area contributed by atoms with Gasteiger partial charge in [-0.1, -0.05) is 49.4 Å². The molecular weight excluding hydrogens is 393 g/mol. The van der Waals surface area contributed by atoms with Gasteiger partial charge in [0.05, 0.1) is 11.4 Å². The monoisotopic (exact) mass is 421 g/mol. The number of carbonyl (C=O) groups is 1. The van der Waals surface area contributed by atoms with Gasteiger partial charge in [-0.25, -0.2) is 0 Å². The zero-order chi connectivity index (χ0) is 17.9. The number of rotatable bonds is 4. The lowest BCUT2D eigenvalue weighted by atomic mass is 9.87. The molecule has 2 aliphatic heterocycles. The minimum absolute atomic E-state index is 0. The topological polar surface area (TPSA) is 35.6 Å². The highest BCUT2D eigenvalue weighted by Crippen LogP contribution is 2.34. The van der Waals surface area contributed by atoms with Crippen LogP contribution < -0.4 is 15.1 Å². The Hall–Kier alpha value is -1.75. The van der Waals surface area contributed by atoms with Gasteiger partial charge in [-0.3, -0.25) is 4.79 Å². The molecule has 0 aliphatic carbocycles. The van der Waals surface area contributed by atoms with Crippen LogP contribution in [-0.2, 0) is 11.3 Å². The number of halogens is 2. The number of fused-ring (bicyclic) bond motifs is 1. The summed E-state index contributed by atoms with van der Waals surface area (Å²) < 4.78 is 0. The molecule has 6 heteroatoms. The lowest BCUT2D eigenvalue weighted by Gasteiger charge is -2.35. The molecule has 0 aromatic heterocycles. The highest BCUT2D eigenvalue weighted by Gasteiger charge is 2.34. The third-order valence-electron chi connectivity index (χ3n) is 5.71. The summed E-state index contributed by atoms with van der Waals surface area (Å²) in [4.78, 5) is 17.6. The molecule has 1 fully saturated rings. The van der Waals surface area contributed by atoms with Gasteiger partial charge >= 0.3 is 0 Å². The molecule has 0 radical (unpaired) electrons. The van der Waals surface area contributed by atoms with Gasteiger partial charge in [0.1, 0.15) is 0 Å². The van der Waals surface area contributed by atoms with Crippen molar-refractivity contribution in [1.82, 2.24) is 5.32 Å². The maximum atomic E-state index is 13.2. The fourth-order valence-electron chi connectivity index (χ4n) is 3.93. The van der Waals surface area contributed by atoms with Crippen LogP contribution in [-0.4, -0.2) is 32.1 Å². The Morgan fingerprint density at radius 2 is 1.64 bits per heavy atom. The molecule has 1 atom stereocenters. The third-order valence-corrected chi connectivity index (χ3v) is 5.71. The molecule has 2 aromatic rings. The number of para-hydroxylation sites is 2. The number of hydrogen-bond donors (Lipinski definition) is 1. The van der Waals surface area contributed by atoms with E-state index in [1.807, 2.05) is 11.0 Å². The van der Waals surface area contributed by atoms with E-state index in [1.54, 1.807) is 0 Å². The summed E-state index contributed by atoms with van der Waals surface area (Å²) in [5, 5.41) is 3.29. The van der Waals surface area contributed by atoms with E-state index in [9.17, 15) is 4.79 Å². The van der Waals surface area contributed by atoms with Crippen molar-refractivity contribution < 1.29 is 4.79 Å². The van der Waals surface area contributed by atoms with E-state index in [0.29, 0.717) is 5.92 Å². The zero-order valence-corrected chi connectivity index (χ0v) is 17.8. The van der Waals surface area contributed by atoms with E-state index in [4.69, 9.17) is 0 Å². The van der Waals surface area contributed by atoms with Crippen LogP contribution in [0.3, 0.4) is 0 Å². The standard InChI is InChI=1S/C22H27N3O.2ClH/c1-17(19-14-23-15-19)22(26)25-13-7-12-24(16-18-8-3-2-4-9-18)20-10-5-6-11-21(20)25;;/h2-6,8-11,17,19,23H,7,12-16H2,1H3;2*1H. The molecule has 0 saturated carbocycles. The van der Waals surface area contributed by atoms with Crippen LogP contribution in [0.1, 0.15) is 18.9 Å². The molecule has 28 heavy (non-hydrogen) atoms. The van der Waals surface area contributed by atoms with Crippen molar-refractivity contribution in [1.29, 1.82) is 0 Å². The van der Waals surface area contributed by atoms with Gasteiger partial charge in [-0.05, 0) is 43.1 Å². The van der Waals surface area contributed by atoms with Crippen LogP contribution in [0.5, 0.6) is 0 Å². The SMILES string of the molecule is CC(C(=O)N1CCCN(Cc2ccccc2)c2ccccc21)C1CNC1.Cl.Cl. The lowest BCUT2D eigenvalue weighted by molar-refractivity contribution is -0.124. The molecule has 1 N–H and O–H groups in total. The minimum Gasteiger partial charge on any atom is -0.365 e. The molecule has 1 saturated heterocycles. The Morgan fingerprint density at radius 1 is 1.00 bits per heavy atom. The lowest BCUT2D eigenvalue weighted by Crippen LogP contribution is -2.50. The second kappa shape index (κ2) is 10.1. The van der Waals surface area contributed by atoms with Gasteiger partial charge in [0.25, 0.3) is 0 Å². The summed E-state index contributed by atoms with van der Waals surface area (Å²) in [5.41, 5.74) is 3.53. The summed E-state index contributed by atoms with van der Waals surface area (Å²) >= 11 is 0. The van der Waals surface area contributed by atoms with Crippen molar-refractivity contribution >= 4 is 42.1 Å². The van der Waals surface area contributed by atoms with Gasteiger partial charge in [-0.15, -0.1) is 24.8 Å². The van der Waals surface area contributed by atoms with E-state index in [0.717, 1.165) is 44.8 Å². The smallest absolute Gasteiger partial charge is 0.230 e. The van der Waals surface area contributed by atoms with Crippen LogP contribution in [0.2, 0.25) is 0 Å². The van der Waals surface area contributed by atoms with Crippen molar-refractivity contribution in [3.05, 3.63) is 60.2 Å². The van der Waals surface area contributed by atoms with Crippen molar-refractivity contribution in [2.45, 2.75) is 19.9 Å². The van der Waals surface area contributed by atoms with Gasteiger partial charge in [0.15, 0.2) is 0 Å². The highest BCUT2D eigenvalue weighted by atomic mass is 35.5. The molecule has 0 spiro atoms. The number of nitrogens with zero attached hydrogens (tertiary/aromatic N) is 2. The number of amides is 1. The van der Waals surface area contributed by atoms with Gasteiger partial charge < -0.3 is 15.1 Å². The average Bonchev–Trinajstić information content (AvgIpc) is 2.80. The number of hydrogen-bond acceptors (Lipinski definition) is 3. The van der Waals surface area contributed by atoms with Crippen molar-refractivity contribution in [2.75, 3.05) is 36.0 Å². The number of anilines is 2. The van der Waals surface area contributed by atoms with Gasteiger partial charge in [0, 0.05) is 25.6 Å². The third kappa shape index (κ3) is 4.62. The second-order valence-electron chi connectivity index (χ2n) is 7.45. The summed E-state index contributed by atoms with van der Waals surface area (Å²) in [5.74, 6) is 0.814. The number of nitrogens with one attached hydrogen (secondary N) is 1. The molecule has 0 bridgehead atoms. The Labute approximate surface area is 180 Å². The van der Waals surface area contributed by atoms with E-state index in [1.165, 1.54) is 11.3 Å². The molecule has 152 valence electrons. The van der Waals surface area contributed by atoms with E-state index < -0.39 is 0 Å².